The van der Waals surface area contributed by atoms with Crippen LogP contribution >= 0.6 is 34.8 Å². The van der Waals surface area contributed by atoms with Crippen molar-refractivity contribution in [2.45, 2.75) is 0 Å². The lowest BCUT2D eigenvalue weighted by Crippen LogP contribution is -2.15. The molecule has 0 saturated heterocycles. The molecule has 100 valence electrons. The molecule has 0 fully saturated rings. The van der Waals surface area contributed by atoms with E-state index >= 15 is 0 Å². The Hall–Kier alpha value is -1.80. The number of amides is 1. The van der Waals surface area contributed by atoms with Gasteiger partial charge in [0.1, 0.15) is 16.9 Å². The molecule has 0 radical (unpaired) electrons. The van der Waals surface area contributed by atoms with E-state index in [1.165, 1.54) is 24.3 Å². The quantitative estimate of drug-likeness (QED) is 0.842. The van der Waals surface area contributed by atoms with Crippen molar-refractivity contribution in [3.8, 4) is 6.07 Å². The van der Waals surface area contributed by atoms with Gasteiger partial charge in [-0.05, 0) is 30.3 Å². The maximum atomic E-state index is 12.1. The summed E-state index contributed by atoms with van der Waals surface area (Å²) in [5.41, 5.74) is 0.534. The molecule has 0 aliphatic heterocycles. The minimum absolute atomic E-state index is 0.0250. The van der Waals surface area contributed by atoms with Crippen LogP contribution in [-0.4, -0.2) is 10.9 Å². The Kier molecular flexibility index (Phi) is 4.46. The van der Waals surface area contributed by atoms with Gasteiger partial charge in [-0.2, -0.15) is 5.26 Å². The Morgan fingerprint density at radius 3 is 2.65 bits per heavy atom. The second kappa shape index (κ2) is 6.10. The molecule has 1 N–H and O–H groups in total. The summed E-state index contributed by atoms with van der Waals surface area (Å²) < 4.78 is 0. The van der Waals surface area contributed by atoms with Crippen LogP contribution < -0.4 is 5.32 Å². The number of nitrogens with one attached hydrogen (secondary N) is 1. The average Bonchev–Trinajstić information content (AvgIpc) is 2.41. The van der Waals surface area contributed by atoms with Crippen LogP contribution in [0.5, 0.6) is 0 Å². The molecule has 1 aromatic heterocycles. The van der Waals surface area contributed by atoms with Gasteiger partial charge in [0.05, 0.1) is 16.3 Å². The molecule has 0 spiro atoms. The van der Waals surface area contributed by atoms with Gasteiger partial charge < -0.3 is 5.32 Å². The predicted octanol–water partition coefficient (Wildman–Crippen LogP) is 4.17. The summed E-state index contributed by atoms with van der Waals surface area (Å²) in [6.45, 7) is 0. The van der Waals surface area contributed by atoms with Gasteiger partial charge in [-0.25, -0.2) is 4.98 Å². The van der Waals surface area contributed by atoms with E-state index in [4.69, 9.17) is 40.1 Å². The van der Waals surface area contributed by atoms with E-state index in [2.05, 4.69) is 10.3 Å². The van der Waals surface area contributed by atoms with Crippen LogP contribution in [0, 0.1) is 11.3 Å². The minimum Gasteiger partial charge on any atom is -0.319 e. The van der Waals surface area contributed by atoms with Crippen LogP contribution in [0.1, 0.15) is 16.1 Å². The lowest BCUT2D eigenvalue weighted by Gasteiger charge is -2.08. The molecule has 0 unspecified atom stereocenters. The molecule has 4 nitrogen and oxygen atoms in total. The van der Waals surface area contributed by atoms with Gasteiger partial charge >= 0.3 is 0 Å². The van der Waals surface area contributed by atoms with Crippen LogP contribution in [0.4, 0.5) is 5.69 Å². The number of pyridine rings is 1. The van der Waals surface area contributed by atoms with E-state index in [1.54, 1.807) is 6.07 Å². The standard InChI is InChI=1S/C13H6Cl3N3O/c14-8-2-1-7(6-17)10(5-8)18-13(20)12-9(15)3-4-11(16)19-12/h1-5H,(H,18,20). The Morgan fingerprint density at radius 2 is 1.95 bits per heavy atom. The highest BCUT2D eigenvalue weighted by Gasteiger charge is 2.15. The van der Waals surface area contributed by atoms with E-state index in [0.29, 0.717) is 5.02 Å². The van der Waals surface area contributed by atoms with Gasteiger partial charge in [0, 0.05) is 5.02 Å². The van der Waals surface area contributed by atoms with Crippen molar-refractivity contribution in [2.75, 3.05) is 5.32 Å². The maximum Gasteiger partial charge on any atom is 0.275 e. The topological polar surface area (TPSA) is 65.8 Å². The number of aromatic nitrogens is 1. The summed E-state index contributed by atoms with van der Waals surface area (Å²) in [6, 6.07) is 9.42. The van der Waals surface area contributed by atoms with Gasteiger partial charge in [-0.3, -0.25) is 4.79 Å². The fourth-order valence-electron chi connectivity index (χ4n) is 1.48. The zero-order valence-electron chi connectivity index (χ0n) is 9.82. The number of hydrogen-bond acceptors (Lipinski definition) is 3. The lowest BCUT2D eigenvalue weighted by atomic mass is 10.2. The molecular weight excluding hydrogens is 321 g/mol. The number of nitriles is 1. The summed E-state index contributed by atoms with van der Waals surface area (Å²) in [7, 11) is 0. The number of halogens is 3. The highest BCUT2D eigenvalue weighted by molar-refractivity contribution is 6.35. The number of carbonyl (C=O) groups is 1. The van der Waals surface area contributed by atoms with Crippen molar-refractivity contribution >= 4 is 46.4 Å². The van der Waals surface area contributed by atoms with Gasteiger partial charge in [0.15, 0.2) is 0 Å². The Balaban J connectivity index is 2.35. The van der Waals surface area contributed by atoms with Crippen molar-refractivity contribution in [2.24, 2.45) is 0 Å². The molecule has 1 aromatic carbocycles. The Labute approximate surface area is 129 Å². The highest BCUT2D eigenvalue weighted by Crippen LogP contribution is 2.23. The molecule has 2 rings (SSSR count). The fraction of sp³-hybridized carbons (Fsp3) is 0. The summed E-state index contributed by atoms with van der Waals surface area (Å²) in [5.74, 6) is -0.573. The van der Waals surface area contributed by atoms with E-state index in [0.717, 1.165) is 0 Å². The molecule has 0 aliphatic carbocycles. The largest absolute Gasteiger partial charge is 0.319 e. The lowest BCUT2D eigenvalue weighted by molar-refractivity contribution is 0.102. The molecule has 1 amide bonds. The van der Waals surface area contributed by atoms with E-state index in [9.17, 15) is 4.79 Å². The molecule has 0 aliphatic rings. The van der Waals surface area contributed by atoms with E-state index < -0.39 is 5.91 Å². The van der Waals surface area contributed by atoms with Crippen molar-refractivity contribution < 1.29 is 4.79 Å². The van der Waals surface area contributed by atoms with Crippen LogP contribution in [0.2, 0.25) is 15.2 Å². The van der Waals surface area contributed by atoms with Crippen molar-refractivity contribution in [1.82, 2.24) is 4.98 Å². The second-order valence-corrected chi connectivity index (χ2v) is 4.95. The van der Waals surface area contributed by atoms with Crippen molar-refractivity contribution in [1.29, 1.82) is 5.26 Å². The molecule has 2 aromatic rings. The zero-order chi connectivity index (χ0) is 14.7. The van der Waals surface area contributed by atoms with Crippen LogP contribution in [0.15, 0.2) is 30.3 Å². The first kappa shape index (κ1) is 14.6. The Morgan fingerprint density at radius 1 is 1.20 bits per heavy atom. The molecule has 20 heavy (non-hydrogen) atoms. The van der Waals surface area contributed by atoms with Crippen LogP contribution in [0.3, 0.4) is 0 Å². The molecule has 0 saturated carbocycles. The SMILES string of the molecule is N#Cc1ccc(Cl)cc1NC(=O)c1nc(Cl)ccc1Cl. The van der Waals surface area contributed by atoms with Gasteiger partial charge in [-0.1, -0.05) is 34.8 Å². The van der Waals surface area contributed by atoms with Crippen LogP contribution in [0.25, 0.3) is 0 Å². The first-order chi connectivity index (χ1) is 9.51. The third kappa shape index (κ3) is 3.20. The predicted molar refractivity (Wildman–Crippen MR) is 78.4 cm³/mol. The number of hydrogen-bond donors (Lipinski definition) is 1. The number of nitrogens with zero attached hydrogens (tertiary/aromatic N) is 2. The summed E-state index contributed by atoms with van der Waals surface area (Å²) in [5, 5.41) is 12.2. The fourth-order valence-corrected chi connectivity index (χ4v) is 1.99. The van der Waals surface area contributed by atoms with Gasteiger partial charge in [-0.15, -0.1) is 0 Å². The van der Waals surface area contributed by atoms with E-state index in [1.807, 2.05) is 6.07 Å². The zero-order valence-corrected chi connectivity index (χ0v) is 12.1. The van der Waals surface area contributed by atoms with Gasteiger partial charge in [0.2, 0.25) is 0 Å². The highest BCUT2D eigenvalue weighted by atomic mass is 35.5. The number of benzene rings is 1. The van der Waals surface area contributed by atoms with Crippen LogP contribution in [-0.2, 0) is 0 Å². The third-order valence-electron chi connectivity index (χ3n) is 2.38. The Bertz CT molecular complexity index is 725. The smallest absolute Gasteiger partial charge is 0.275 e. The van der Waals surface area contributed by atoms with Crippen molar-refractivity contribution in [3.05, 3.63) is 56.8 Å². The number of carbonyl (C=O) groups excluding carboxylic acids is 1. The molecule has 0 bridgehead atoms. The minimum atomic E-state index is -0.573. The first-order valence-corrected chi connectivity index (χ1v) is 6.47. The number of anilines is 1. The van der Waals surface area contributed by atoms with Crippen molar-refractivity contribution in [3.63, 3.8) is 0 Å². The first-order valence-electron chi connectivity index (χ1n) is 5.34. The normalized spacial score (nSPS) is 9.90. The average molecular weight is 327 g/mol. The van der Waals surface area contributed by atoms with Gasteiger partial charge in [0.25, 0.3) is 5.91 Å². The molecule has 7 heteroatoms. The molecular formula is C13H6Cl3N3O. The monoisotopic (exact) mass is 325 g/mol. The summed E-state index contributed by atoms with van der Waals surface area (Å²) >= 11 is 17.4. The molecule has 1 heterocycles. The van der Waals surface area contributed by atoms with E-state index in [-0.39, 0.29) is 27.1 Å². The summed E-state index contributed by atoms with van der Waals surface area (Å²) in [4.78, 5) is 15.9. The number of rotatable bonds is 2. The second-order valence-electron chi connectivity index (χ2n) is 3.72. The third-order valence-corrected chi connectivity index (χ3v) is 3.13. The maximum absolute atomic E-state index is 12.1. The molecule has 0 atom stereocenters. The summed E-state index contributed by atoms with van der Waals surface area (Å²) in [6.07, 6.45) is 0.